The normalized spacial score (nSPS) is 18.5. The number of nitrogens with two attached hydrogens (primary N) is 1. The molecule has 1 aliphatic rings. The predicted octanol–water partition coefficient (Wildman–Crippen LogP) is 4.64. The molecular weight excluding hydrogens is 250 g/mol. The van der Waals surface area contributed by atoms with Crippen LogP contribution < -0.4 is 5.73 Å². The van der Waals surface area contributed by atoms with E-state index in [2.05, 4.69) is 12.1 Å². The first-order valence-corrected chi connectivity index (χ1v) is 7.71. The van der Waals surface area contributed by atoms with Gasteiger partial charge in [-0.25, -0.2) is 0 Å². The number of hydrogen-bond donors (Lipinski definition) is 1. The second-order valence-corrected chi connectivity index (χ2v) is 6.41. The van der Waals surface area contributed by atoms with Gasteiger partial charge in [0.05, 0.1) is 5.02 Å². The Morgan fingerprint density at radius 1 is 1.41 bits per heavy atom. The summed E-state index contributed by atoms with van der Waals surface area (Å²) in [5.41, 5.74) is 6.95. The van der Waals surface area contributed by atoms with Crippen molar-refractivity contribution in [2.75, 3.05) is 5.75 Å². The van der Waals surface area contributed by atoms with Crippen molar-refractivity contribution in [3.8, 4) is 0 Å². The zero-order valence-electron chi connectivity index (χ0n) is 10.3. The van der Waals surface area contributed by atoms with Gasteiger partial charge in [0.2, 0.25) is 0 Å². The van der Waals surface area contributed by atoms with Gasteiger partial charge in [0.25, 0.3) is 0 Å². The van der Waals surface area contributed by atoms with Gasteiger partial charge in [0, 0.05) is 16.7 Å². The Bertz CT molecular complexity index is 372. The van der Waals surface area contributed by atoms with Gasteiger partial charge in [-0.05, 0) is 43.4 Å². The maximum Gasteiger partial charge on any atom is 0.0545 e. The van der Waals surface area contributed by atoms with Crippen molar-refractivity contribution >= 4 is 23.4 Å². The highest BCUT2D eigenvalue weighted by atomic mass is 35.5. The van der Waals surface area contributed by atoms with E-state index in [1.54, 1.807) is 0 Å². The molecule has 0 heterocycles. The van der Waals surface area contributed by atoms with Gasteiger partial charge in [-0.1, -0.05) is 30.5 Å². The van der Waals surface area contributed by atoms with Gasteiger partial charge in [-0.15, -0.1) is 11.8 Å². The fourth-order valence-corrected chi connectivity index (χ4v) is 3.76. The molecule has 1 nitrogen and oxygen atoms in total. The quantitative estimate of drug-likeness (QED) is 0.806. The van der Waals surface area contributed by atoms with Crippen LogP contribution in [0.1, 0.15) is 44.2 Å². The molecule has 1 fully saturated rings. The third-order valence-electron chi connectivity index (χ3n) is 3.43. The second kappa shape index (κ2) is 6.12. The van der Waals surface area contributed by atoms with Gasteiger partial charge >= 0.3 is 0 Å². The van der Waals surface area contributed by atoms with E-state index in [4.69, 9.17) is 17.3 Å². The van der Waals surface area contributed by atoms with Crippen molar-refractivity contribution in [1.29, 1.82) is 0 Å². The highest BCUT2D eigenvalue weighted by Gasteiger charge is 2.15. The molecule has 0 aromatic heterocycles. The number of rotatable bonds is 4. The zero-order chi connectivity index (χ0) is 12.3. The molecule has 0 aliphatic heterocycles. The molecule has 2 N–H and O–H groups in total. The van der Waals surface area contributed by atoms with Crippen LogP contribution in [0.2, 0.25) is 5.02 Å². The van der Waals surface area contributed by atoms with E-state index >= 15 is 0 Å². The van der Waals surface area contributed by atoms with Crippen LogP contribution in [0.15, 0.2) is 23.1 Å². The van der Waals surface area contributed by atoms with E-state index in [1.807, 2.05) is 24.8 Å². The van der Waals surface area contributed by atoms with Crippen LogP contribution in [0.25, 0.3) is 0 Å². The van der Waals surface area contributed by atoms with Crippen molar-refractivity contribution in [3.05, 3.63) is 28.8 Å². The SMILES string of the molecule is CC(N)c1ccc(SCC2CCCC2)c(Cl)c1. The summed E-state index contributed by atoms with van der Waals surface area (Å²) < 4.78 is 0. The van der Waals surface area contributed by atoms with E-state index in [0.29, 0.717) is 0 Å². The maximum atomic E-state index is 6.28. The molecule has 1 saturated carbocycles. The lowest BCUT2D eigenvalue weighted by Gasteiger charge is -2.11. The maximum absolute atomic E-state index is 6.28. The Morgan fingerprint density at radius 3 is 2.71 bits per heavy atom. The monoisotopic (exact) mass is 269 g/mol. The first-order valence-electron chi connectivity index (χ1n) is 6.34. The molecule has 94 valence electrons. The molecule has 1 aromatic rings. The Morgan fingerprint density at radius 2 is 2.12 bits per heavy atom. The van der Waals surface area contributed by atoms with Gasteiger partial charge in [0.15, 0.2) is 0 Å². The summed E-state index contributed by atoms with van der Waals surface area (Å²) in [6.07, 6.45) is 5.59. The number of benzene rings is 1. The van der Waals surface area contributed by atoms with E-state index in [-0.39, 0.29) is 6.04 Å². The zero-order valence-corrected chi connectivity index (χ0v) is 11.9. The molecule has 2 rings (SSSR count). The smallest absolute Gasteiger partial charge is 0.0545 e. The molecule has 0 radical (unpaired) electrons. The summed E-state index contributed by atoms with van der Waals surface area (Å²) in [6.45, 7) is 1.98. The Kier molecular flexibility index (Phi) is 4.78. The molecule has 0 bridgehead atoms. The molecule has 1 aliphatic carbocycles. The Hall–Kier alpha value is -0.180. The third-order valence-corrected chi connectivity index (χ3v) is 5.16. The van der Waals surface area contributed by atoms with Crippen LogP contribution in [0.3, 0.4) is 0 Å². The van der Waals surface area contributed by atoms with Crippen molar-refractivity contribution in [2.24, 2.45) is 11.7 Å². The van der Waals surface area contributed by atoms with Crippen LogP contribution in [-0.4, -0.2) is 5.75 Å². The summed E-state index contributed by atoms with van der Waals surface area (Å²) in [5.74, 6) is 2.10. The van der Waals surface area contributed by atoms with Crippen LogP contribution in [0.5, 0.6) is 0 Å². The van der Waals surface area contributed by atoms with Gasteiger partial charge in [0.1, 0.15) is 0 Å². The van der Waals surface area contributed by atoms with E-state index in [1.165, 1.54) is 36.3 Å². The summed E-state index contributed by atoms with van der Waals surface area (Å²) >= 11 is 8.17. The van der Waals surface area contributed by atoms with Crippen molar-refractivity contribution in [2.45, 2.75) is 43.5 Å². The van der Waals surface area contributed by atoms with Gasteiger partial charge < -0.3 is 5.73 Å². The average Bonchev–Trinajstić information content (AvgIpc) is 2.80. The number of halogens is 1. The Labute approximate surface area is 113 Å². The van der Waals surface area contributed by atoms with Crippen molar-refractivity contribution in [1.82, 2.24) is 0 Å². The van der Waals surface area contributed by atoms with E-state index < -0.39 is 0 Å². The van der Waals surface area contributed by atoms with Crippen molar-refractivity contribution in [3.63, 3.8) is 0 Å². The first-order chi connectivity index (χ1) is 8.16. The van der Waals surface area contributed by atoms with Gasteiger partial charge in [-0.2, -0.15) is 0 Å². The van der Waals surface area contributed by atoms with Crippen LogP contribution in [0, 0.1) is 5.92 Å². The van der Waals surface area contributed by atoms with E-state index in [0.717, 1.165) is 16.5 Å². The van der Waals surface area contributed by atoms with Gasteiger partial charge in [-0.3, -0.25) is 0 Å². The first kappa shape index (κ1) is 13.3. The molecule has 0 amide bonds. The lowest BCUT2D eigenvalue weighted by molar-refractivity contribution is 0.623. The summed E-state index contributed by atoms with van der Waals surface area (Å²) in [5, 5.41) is 0.850. The minimum atomic E-state index is 0.0568. The average molecular weight is 270 g/mol. The topological polar surface area (TPSA) is 26.0 Å². The molecule has 0 spiro atoms. The lowest BCUT2D eigenvalue weighted by atomic mass is 10.1. The van der Waals surface area contributed by atoms with Crippen LogP contribution >= 0.6 is 23.4 Å². The van der Waals surface area contributed by atoms with E-state index in [9.17, 15) is 0 Å². The lowest BCUT2D eigenvalue weighted by Crippen LogP contribution is -2.04. The largest absolute Gasteiger partial charge is 0.324 e. The molecule has 1 aromatic carbocycles. The fourth-order valence-electron chi connectivity index (χ4n) is 2.30. The molecule has 0 saturated heterocycles. The molecule has 1 atom stereocenters. The minimum Gasteiger partial charge on any atom is -0.324 e. The minimum absolute atomic E-state index is 0.0568. The molecule has 1 unspecified atom stereocenters. The molecule has 17 heavy (non-hydrogen) atoms. The molecular formula is C14H20ClNS. The second-order valence-electron chi connectivity index (χ2n) is 4.94. The van der Waals surface area contributed by atoms with Crippen LogP contribution in [-0.2, 0) is 0 Å². The van der Waals surface area contributed by atoms with Crippen LogP contribution in [0.4, 0.5) is 0 Å². The standard InChI is InChI=1S/C14H20ClNS/c1-10(16)12-6-7-14(13(15)8-12)17-9-11-4-2-3-5-11/h6-8,10-11H,2-5,9,16H2,1H3. The number of hydrogen-bond acceptors (Lipinski definition) is 2. The Balaban J connectivity index is 1.96. The fraction of sp³-hybridized carbons (Fsp3) is 0.571. The molecule has 3 heteroatoms. The van der Waals surface area contributed by atoms with Crippen molar-refractivity contribution < 1.29 is 0 Å². The summed E-state index contributed by atoms with van der Waals surface area (Å²) in [7, 11) is 0. The third kappa shape index (κ3) is 3.64. The predicted molar refractivity (Wildman–Crippen MR) is 76.7 cm³/mol. The summed E-state index contributed by atoms with van der Waals surface area (Å²) in [4.78, 5) is 1.20. The highest BCUT2D eigenvalue weighted by Crippen LogP contribution is 2.34. The number of thioether (sulfide) groups is 1. The summed E-state index contributed by atoms with van der Waals surface area (Å²) in [6, 6.07) is 6.26. The highest BCUT2D eigenvalue weighted by molar-refractivity contribution is 7.99.